The molecule has 1 aliphatic heterocycles. The van der Waals surface area contributed by atoms with Crippen molar-refractivity contribution in [2.75, 3.05) is 13.6 Å². The quantitative estimate of drug-likeness (QED) is 0.629. The van der Waals surface area contributed by atoms with Crippen LogP contribution in [0.25, 0.3) is 5.82 Å². The zero-order chi connectivity index (χ0) is 24.6. The highest BCUT2D eigenvalue weighted by Crippen LogP contribution is 2.47. The predicted octanol–water partition coefficient (Wildman–Crippen LogP) is 3.23. The van der Waals surface area contributed by atoms with Crippen molar-refractivity contribution in [3.8, 4) is 11.7 Å². The minimum absolute atomic E-state index is 0.0384. The van der Waals surface area contributed by atoms with Gasteiger partial charge in [0.15, 0.2) is 0 Å². The lowest BCUT2D eigenvalue weighted by Crippen LogP contribution is -2.42. The van der Waals surface area contributed by atoms with Gasteiger partial charge in [0, 0.05) is 42.2 Å². The molecule has 2 fully saturated rings. The summed E-state index contributed by atoms with van der Waals surface area (Å²) in [5.74, 6) is 0.728. The molecule has 5 rings (SSSR count). The number of nitrogens with two attached hydrogens (primary N) is 1. The molecule has 2 aliphatic carbocycles. The van der Waals surface area contributed by atoms with Gasteiger partial charge < -0.3 is 10.5 Å². The van der Waals surface area contributed by atoms with Crippen LogP contribution in [0.5, 0.6) is 5.88 Å². The van der Waals surface area contributed by atoms with Crippen molar-refractivity contribution >= 4 is 11.6 Å². The number of ether oxygens (including phenoxy) is 1. The number of ketones is 2. The SMILES string of the molecule is C[C@H](Oc1cc(-n2ccnc2)nc(C(=O)C2=C(N)[C@]3(CCCCC3=O)CCC2)n1)[C@@H]1CCCN1C. The first kappa shape index (κ1) is 23.7. The van der Waals surface area contributed by atoms with Crippen molar-refractivity contribution in [3.63, 3.8) is 0 Å². The van der Waals surface area contributed by atoms with Gasteiger partial charge in [0.1, 0.15) is 24.0 Å². The third-order valence-corrected chi connectivity index (χ3v) is 8.02. The molecule has 0 bridgehead atoms. The fourth-order valence-corrected chi connectivity index (χ4v) is 6.04. The zero-order valence-electron chi connectivity index (χ0n) is 20.6. The second-order valence-electron chi connectivity index (χ2n) is 10.2. The van der Waals surface area contributed by atoms with Gasteiger partial charge in [-0.2, -0.15) is 4.98 Å². The second-order valence-corrected chi connectivity index (χ2v) is 10.2. The molecule has 3 heterocycles. The van der Waals surface area contributed by atoms with Gasteiger partial charge in [-0.25, -0.2) is 9.97 Å². The molecule has 2 aromatic rings. The lowest BCUT2D eigenvalue weighted by Gasteiger charge is -2.40. The summed E-state index contributed by atoms with van der Waals surface area (Å²) in [5, 5.41) is 0. The van der Waals surface area contributed by atoms with Crippen LogP contribution in [0.4, 0.5) is 0 Å². The van der Waals surface area contributed by atoms with Crippen LogP contribution in [-0.4, -0.2) is 61.7 Å². The van der Waals surface area contributed by atoms with Crippen LogP contribution in [0.15, 0.2) is 36.1 Å². The van der Waals surface area contributed by atoms with Crippen molar-refractivity contribution in [2.45, 2.75) is 76.9 Å². The van der Waals surface area contributed by atoms with Crippen LogP contribution in [0.3, 0.4) is 0 Å². The van der Waals surface area contributed by atoms with Crippen molar-refractivity contribution < 1.29 is 14.3 Å². The average molecular weight is 479 g/mol. The van der Waals surface area contributed by atoms with Crippen molar-refractivity contribution in [1.29, 1.82) is 0 Å². The maximum Gasteiger partial charge on any atom is 0.228 e. The Morgan fingerprint density at radius 3 is 2.74 bits per heavy atom. The molecule has 3 aliphatic rings. The number of likely N-dealkylation sites (tertiary alicyclic amines) is 1. The highest BCUT2D eigenvalue weighted by atomic mass is 16.5. The molecule has 1 saturated heterocycles. The van der Waals surface area contributed by atoms with Crippen molar-refractivity contribution in [3.05, 3.63) is 41.9 Å². The number of aromatic nitrogens is 4. The van der Waals surface area contributed by atoms with E-state index in [0.29, 0.717) is 48.7 Å². The smallest absolute Gasteiger partial charge is 0.228 e. The van der Waals surface area contributed by atoms with E-state index in [0.717, 1.165) is 38.6 Å². The van der Waals surface area contributed by atoms with Crippen LogP contribution < -0.4 is 10.5 Å². The Labute approximate surface area is 205 Å². The number of imidazole rings is 1. The Hall–Kier alpha value is -3.07. The first-order chi connectivity index (χ1) is 16.9. The minimum atomic E-state index is -0.704. The van der Waals surface area contributed by atoms with Gasteiger partial charge in [0.2, 0.25) is 17.5 Å². The van der Waals surface area contributed by atoms with Gasteiger partial charge in [-0.3, -0.25) is 19.1 Å². The van der Waals surface area contributed by atoms with E-state index in [-0.39, 0.29) is 29.5 Å². The van der Waals surface area contributed by atoms with Crippen LogP contribution in [0.2, 0.25) is 0 Å². The Morgan fingerprint density at radius 2 is 2.03 bits per heavy atom. The maximum atomic E-state index is 13.7. The minimum Gasteiger partial charge on any atom is -0.473 e. The molecule has 9 nitrogen and oxygen atoms in total. The number of carbonyl (C=O) groups excluding carboxylic acids is 2. The number of rotatable bonds is 6. The van der Waals surface area contributed by atoms with E-state index in [1.807, 2.05) is 6.92 Å². The van der Waals surface area contributed by atoms with Gasteiger partial charge in [-0.05, 0) is 65.5 Å². The summed E-state index contributed by atoms with van der Waals surface area (Å²) in [7, 11) is 2.10. The van der Waals surface area contributed by atoms with E-state index in [1.165, 1.54) is 0 Å². The molecule has 0 amide bonds. The molecule has 35 heavy (non-hydrogen) atoms. The second kappa shape index (κ2) is 9.53. The van der Waals surface area contributed by atoms with Gasteiger partial charge in [0.25, 0.3) is 0 Å². The number of carbonyl (C=O) groups is 2. The van der Waals surface area contributed by atoms with E-state index >= 15 is 0 Å². The molecular weight excluding hydrogens is 444 g/mol. The lowest BCUT2D eigenvalue weighted by atomic mass is 9.64. The van der Waals surface area contributed by atoms with Crippen LogP contribution in [0, 0.1) is 5.41 Å². The molecule has 1 spiro atoms. The lowest BCUT2D eigenvalue weighted by molar-refractivity contribution is -0.129. The average Bonchev–Trinajstić information content (AvgIpc) is 3.54. The number of hydrogen-bond acceptors (Lipinski definition) is 8. The van der Waals surface area contributed by atoms with E-state index in [4.69, 9.17) is 10.5 Å². The summed E-state index contributed by atoms with van der Waals surface area (Å²) in [4.78, 5) is 42.2. The first-order valence-corrected chi connectivity index (χ1v) is 12.7. The predicted molar refractivity (Wildman–Crippen MR) is 130 cm³/mol. The summed E-state index contributed by atoms with van der Waals surface area (Å²) in [5.41, 5.74) is 6.80. The van der Waals surface area contributed by atoms with Crippen LogP contribution >= 0.6 is 0 Å². The maximum absolute atomic E-state index is 13.7. The monoisotopic (exact) mass is 478 g/mol. The Morgan fingerprint density at radius 1 is 1.20 bits per heavy atom. The number of nitrogens with zero attached hydrogens (tertiary/aromatic N) is 5. The van der Waals surface area contributed by atoms with Gasteiger partial charge in [-0.1, -0.05) is 6.42 Å². The molecule has 2 N–H and O–H groups in total. The van der Waals surface area contributed by atoms with Crippen molar-refractivity contribution in [1.82, 2.24) is 24.4 Å². The van der Waals surface area contributed by atoms with Crippen LogP contribution in [0.1, 0.15) is 75.3 Å². The molecular formula is C26H34N6O3. The van der Waals surface area contributed by atoms with E-state index in [2.05, 4.69) is 26.9 Å². The summed E-state index contributed by atoms with van der Waals surface area (Å²) < 4.78 is 7.98. The molecule has 0 radical (unpaired) electrons. The Balaban J connectivity index is 1.51. The summed E-state index contributed by atoms with van der Waals surface area (Å²) in [6.07, 6.45) is 12.2. The summed E-state index contributed by atoms with van der Waals surface area (Å²) in [6.45, 7) is 3.08. The van der Waals surface area contributed by atoms with Gasteiger partial charge >= 0.3 is 0 Å². The number of likely N-dealkylation sites (N-methyl/N-ethyl adjacent to an activating group) is 1. The molecule has 1 saturated carbocycles. The number of allylic oxidation sites excluding steroid dienone is 2. The highest BCUT2D eigenvalue weighted by molar-refractivity contribution is 6.08. The van der Waals surface area contributed by atoms with E-state index in [9.17, 15) is 9.59 Å². The summed E-state index contributed by atoms with van der Waals surface area (Å²) >= 11 is 0. The molecule has 2 aromatic heterocycles. The summed E-state index contributed by atoms with van der Waals surface area (Å²) in [6, 6.07) is 2.02. The molecule has 0 unspecified atom stereocenters. The first-order valence-electron chi connectivity index (χ1n) is 12.7. The number of Topliss-reactive ketones (excluding diaryl/α,β-unsaturated/α-hetero) is 2. The highest BCUT2D eigenvalue weighted by Gasteiger charge is 2.46. The van der Waals surface area contributed by atoms with Gasteiger partial charge in [0.05, 0.1) is 5.41 Å². The van der Waals surface area contributed by atoms with E-state index in [1.54, 1.807) is 29.4 Å². The van der Waals surface area contributed by atoms with Crippen molar-refractivity contribution in [2.24, 2.45) is 11.1 Å². The fraction of sp³-hybridized carbons (Fsp3) is 0.577. The standard InChI is InChI=1S/C26H34N6O3/c1-17(19-8-6-13-31(19)2)35-22-15-21(32-14-12-28-16-32)29-25(30-22)23(34)18-7-5-11-26(24(18)27)10-4-3-9-20(26)33/h12,14-17,19H,3-11,13,27H2,1-2H3/t17-,19-,26+/m0/s1. The third-order valence-electron chi connectivity index (χ3n) is 8.02. The molecule has 3 atom stereocenters. The zero-order valence-corrected chi connectivity index (χ0v) is 20.6. The topological polar surface area (TPSA) is 116 Å². The molecule has 186 valence electrons. The van der Waals surface area contributed by atoms with Gasteiger partial charge in [-0.15, -0.1) is 0 Å². The third kappa shape index (κ3) is 4.37. The fourth-order valence-electron chi connectivity index (χ4n) is 6.04. The largest absolute Gasteiger partial charge is 0.473 e. The Bertz CT molecular complexity index is 1140. The Kier molecular flexibility index (Phi) is 6.44. The van der Waals surface area contributed by atoms with Crippen LogP contribution in [-0.2, 0) is 4.79 Å². The normalized spacial score (nSPS) is 26.3. The van der Waals surface area contributed by atoms with E-state index < -0.39 is 5.41 Å². The molecule has 0 aromatic carbocycles. The molecule has 9 heteroatoms. The number of hydrogen-bond donors (Lipinski definition) is 1.